The second-order valence-electron chi connectivity index (χ2n) is 6.84. The fourth-order valence-corrected chi connectivity index (χ4v) is 3.72. The number of carbonyl (C=O) groups excluding carboxylic acids is 1. The molecule has 0 amide bonds. The molecule has 2 aromatic rings. The molecule has 2 rings (SSSR count). The number of carbonyl (C=O) groups is 1. The molecular weight excluding hydrogens is 392 g/mol. The molecule has 0 atom stereocenters. The maximum Gasteiger partial charge on any atom is 0.284 e. The van der Waals surface area contributed by atoms with E-state index in [0.29, 0.717) is 5.75 Å². The van der Waals surface area contributed by atoms with Crippen molar-refractivity contribution in [1.82, 2.24) is 9.78 Å². The van der Waals surface area contributed by atoms with Crippen LogP contribution >= 0.6 is 15.9 Å². The average Bonchev–Trinajstić information content (AvgIpc) is 2.88. The molecule has 0 spiro atoms. The van der Waals surface area contributed by atoms with Gasteiger partial charge in [0.1, 0.15) is 5.75 Å². The molecule has 0 saturated carbocycles. The first-order valence-corrected chi connectivity index (χ1v) is 10.2. The molecule has 0 radical (unpaired) electrons. The normalized spacial score (nSPS) is 11.0. The number of ether oxygens (including phenoxy) is 1. The minimum Gasteiger partial charge on any atom is -0.483 e. The van der Waals surface area contributed by atoms with Crippen molar-refractivity contribution in [1.29, 1.82) is 0 Å². The van der Waals surface area contributed by atoms with E-state index in [1.54, 1.807) is 0 Å². The van der Waals surface area contributed by atoms with Crippen molar-refractivity contribution in [3.63, 3.8) is 0 Å². The molecule has 1 aromatic carbocycles. The zero-order valence-corrected chi connectivity index (χ0v) is 17.9. The Balaban J connectivity index is 1.97. The largest absolute Gasteiger partial charge is 0.483 e. The standard InChI is InChI=1S/C21H29BrN2O2/c1-5-6-7-8-9-10-18-16(3)23-24(17(18)4)21(25)14-26-20-12-11-15(2)13-19(20)22/h11-13H,5-10,14H2,1-4H3. The Morgan fingerprint density at radius 2 is 1.88 bits per heavy atom. The summed E-state index contributed by atoms with van der Waals surface area (Å²) in [4.78, 5) is 12.6. The van der Waals surface area contributed by atoms with E-state index in [0.717, 1.165) is 34.3 Å². The Hall–Kier alpha value is -1.62. The summed E-state index contributed by atoms with van der Waals surface area (Å²) in [5.41, 5.74) is 4.22. The molecule has 0 saturated heterocycles. The van der Waals surface area contributed by atoms with Gasteiger partial charge in [-0.2, -0.15) is 5.10 Å². The smallest absolute Gasteiger partial charge is 0.284 e. The van der Waals surface area contributed by atoms with Crippen LogP contribution in [-0.4, -0.2) is 22.3 Å². The summed E-state index contributed by atoms with van der Waals surface area (Å²) in [6.45, 7) is 8.16. The van der Waals surface area contributed by atoms with Gasteiger partial charge in [0.15, 0.2) is 6.61 Å². The van der Waals surface area contributed by atoms with Gasteiger partial charge in [-0.15, -0.1) is 0 Å². The van der Waals surface area contributed by atoms with Crippen LogP contribution in [0.3, 0.4) is 0 Å². The molecule has 0 fully saturated rings. The van der Waals surface area contributed by atoms with Gasteiger partial charge in [0.25, 0.3) is 5.91 Å². The summed E-state index contributed by atoms with van der Waals surface area (Å²) in [7, 11) is 0. The number of aryl methyl sites for hydroxylation is 2. The summed E-state index contributed by atoms with van der Waals surface area (Å²) in [5.74, 6) is 0.525. The van der Waals surface area contributed by atoms with E-state index in [4.69, 9.17) is 4.74 Å². The molecule has 26 heavy (non-hydrogen) atoms. The fraction of sp³-hybridized carbons (Fsp3) is 0.524. The van der Waals surface area contributed by atoms with Crippen LogP contribution in [0.1, 0.15) is 66.3 Å². The highest BCUT2D eigenvalue weighted by Crippen LogP contribution is 2.26. The van der Waals surface area contributed by atoms with Gasteiger partial charge in [-0.05, 0) is 72.8 Å². The van der Waals surface area contributed by atoms with Crippen molar-refractivity contribution in [2.75, 3.05) is 6.61 Å². The van der Waals surface area contributed by atoms with Crippen molar-refractivity contribution >= 4 is 21.8 Å². The Bertz CT molecular complexity index is 753. The Morgan fingerprint density at radius 3 is 2.58 bits per heavy atom. The molecule has 0 aliphatic rings. The van der Waals surface area contributed by atoms with Crippen LogP contribution in [0, 0.1) is 20.8 Å². The van der Waals surface area contributed by atoms with Gasteiger partial charge >= 0.3 is 0 Å². The van der Waals surface area contributed by atoms with Gasteiger partial charge in [-0.25, -0.2) is 4.68 Å². The zero-order valence-electron chi connectivity index (χ0n) is 16.3. The van der Waals surface area contributed by atoms with Gasteiger partial charge in [0.05, 0.1) is 10.2 Å². The van der Waals surface area contributed by atoms with Crippen molar-refractivity contribution in [3.8, 4) is 5.75 Å². The minimum absolute atomic E-state index is 0.0282. The second-order valence-corrected chi connectivity index (χ2v) is 7.70. The fourth-order valence-electron chi connectivity index (χ4n) is 3.11. The molecule has 1 heterocycles. The summed E-state index contributed by atoms with van der Waals surface area (Å²) in [5, 5.41) is 4.45. The molecule has 4 nitrogen and oxygen atoms in total. The average molecular weight is 421 g/mol. The number of unbranched alkanes of at least 4 members (excludes halogenated alkanes) is 4. The van der Waals surface area contributed by atoms with Crippen LogP contribution in [0.25, 0.3) is 0 Å². The number of hydrogen-bond donors (Lipinski definition) is 0. The first-order valence-electron chi connectivity index (χ1n) is 9.41. The molecule has 5 heteroatoms. The molecule has 142 valence electrons. The maximum absolute atomic E-state index is 12.6. The predicted molar refractivity (Wildman–Crippen MR) is 109 cm³/mol. The number of benzene rings is 1. The van der Waals surface area contributed by atoms with Crippen LogP contribution in [-0.2, 0) is 6.42 Å². The Kier molecular flexibility index (Phi) is 7.88. The van der Waals surface area contributed by atoms with Crippen LogP contribution < -0.4 is 4.74 Å². The van der Waals surface area contributed by atoms with Crippen molar-refractivity contribution in [2.24, 2.45) is 0 Å². The van der Waals surface area contributed by atoms with Gasteiger partial charge in [-0.1, -0.05) is 38.7 Å². The van der Waals surface area contributed by atoms with Gasteiger partial charge < -0.3 is 4.74 Å². The van der Waals surface area contributed by atoms with Gasteiger partial charge in [-0.3, -0.25) is 4.79 Å². The molecular formula is C21H29BrN2O2. The van der Waals surface area contributed by atoms with Crippen LogP contribution in [0.5, 0.6) is 5.75 Å². The van der Waals surface area contributed by atoms with E-state index in [1.165, 1.54) is 35.9 Å². The highest BCUT2D eigenvalue weighted by Gasteiger charge is 2.17. The van der Waals surface area contributed by atoms with Gasteiger partial charge in [0.2, 0.25) is 0 Å². The zero-order chi connectivity index (χ0) is 19.1. The summed E-state index contributed by atoms with van der Waals surface area (Å²) in [6.07, 6.45) is 7.19. The quantitative estimate of drug-likeness (QED) is 0.481. The summed E-state index contributed by atoms with van der Waals surface area (Å²) < 4.78 is 8.03. The van der Waals surface area contributed by atoms with Gasteiger partial charge in [0, 0.05) is 5.69 Å². The van der Waals surface area contributed by atoms with E-state index >= 15 is 0 Å². The van der Waals surface area contributed by atoms with Crippen LogP contribution in [0.2, 0.25) is 0 Å². The molecule has 0 aliphatic heterocycles. The van der Waals surface area contributed by atoms with Crippen molar-refractivity contribution in [2.45, 2.75) is 66.2 Å². The number of hydrogen-bond acceptors (Lipinski definition) is 3. The topological polar surface area (TPSA) is 44.1 Å². The first-order chi connectivity index (χ1) is 12.4. The lowest BCUT2D eigenvalue weighted by Crippen LogP contribution is -2.22. The van der Waals surface area contributed by atoms with E-state index in [9.17, 15) is 4.79 Å². The summed E-state index contributed by atoms with van der Waals surface area (Å²) in [6, 6.07) is 5.81. The Labute approximate surface area is 165 Å². The second kappa shape index (κ2) is 9.91. The van der Waals surface area contributed by atoms with E-state index < -0.39 is 0 Å². The lowest BCUT2D eigenvalue weighted by Gasteiger charge is -2.09. The third-order valence-electron chi connectivity index (χ3n) is 4.65. The van der Waals surface area contributed by atoms with Crippen molar-refractivity contribution < 1.29 is 9.53 Å². The van der Waals surface area contributed by atoms with E-state index in [-0.39, 0.29) is 12.5 Å². The predicted octanol–water partition coefficient (Wildman–Crippen LogP) is 5.80. The Morgan fingerprint density at radius 1 is 1.15 bits per heavy atom. The number of halogens is 1. The van der Waals surface area contributed by atoms with Crippen LogP contribution in [0.15, 0.2) is 22.7 Å². The third kappa shape index (κ3) is 5.44. The maximum atomic E-state index is 12.6. The lowest BCUT2D eigenvalue weighted by atomic mass is 10.0. The monoisotopic (exact) mass is 420 g/mol. The van der Waals surface area contributed by atoms with Crippen molar-refractivity contribution in [3.05, 3.63) is 45.2 Å². The number of aromatic nitrogens is 2. The lowest BCUT2D eigenvalue weighted by molar-refractivity contribution is 0.0817. The highest BCUT2D eigenvalue weighted by molar-refractivity contribution is 9.10. The van der Waals surface area contributed by atoms with Crippen LogP contribution in [0.4, 0.5) is 0 Å². The number of nitrogens with zero attached hydrogens (tertiary/aromatic N) is 2. The minimum atomic E-state index is -0.143. The molecule has 0 bridgehead atoms. The third-order valence-corrected chi connectivity index (χ3v) is 5.27. The summed E-state index contributed by atoms with van der Waals surface area (Å²) >= 11 is 3.47. The molecule has 0 aliphatic carbocycles. The highest BCUT2D eigenvalue weighted by atomic mass is 79.9. The first kappa shape index (κ1) is 20.7. The molecule has 0 unspecified atom stereocenters. The molecule has 0 N–H and O–H groups in total. The number of rotatable bonds is 9. The van der Waals surface area contributed by atoms with E-state index in [1.807, 2.05) is 39.0 Å². The SMILES string of the molecule is CCCCCCCc1c(C)nn(C(=O)COc2ccc(C)cc2Br)c1C. The van der Waals surface area contributed by atoms with E-state index in [2.05, 4.69) is 28.0 Å². The molecule has 1 aromatic heterocycles.